The lowest BCUT2D eigenvalue weighted by Gasteiger charge is -2.16. The molecule has 7 nitrogen and oxygen atoms in total. The second-order valence-electron chi connectivity index (χ2n) is 7.96. The Balaban J connectivity index is 1.33. The Kier molecular flexibility index (Phi) is 7.24. The van der Waals surface area contributed by atoms with Gasteiger partial charge in [0.1, 0.15) is 0 Å². The van der Waals surface area contributed by atoms with Gasteiger partial charge in [-0.25, -0.2) is 0 Å². The fourth-order valence-corrected chi connectivity index (χ4v) is 4.56. The number of aromatic nitrogens is 3. The number of nitrogens with zero attached hydrogens (tertiary/aromatic N) is 4. The van der Waals surface area contributed by atoms with E-state index in [0.29, 0.717) is 24.7 Å². The van der Waals surface area contributed by atoms with Crippen molar-refractivity contribution in [1.29, 1.82) is 0 Å². The molecule has 0 atom stereocenters. The van der Waals surface area contributed by atoms with Crippen molar-refractivity contribution in [1.82, 2.24) is 20.1 Å². The number of anilines is 1. The smallest absolute Gasteiger partial charge is 0.230 e. The molecule has 0 aliphatic carbocycles. The van der Waals surface area contributed by atoms with Gasteiger partial charge in [0.25, 0.3) is 0 Å². The van der Waals surface area contributed by atoms with Crippen LogP contribution >= 0.6 is 11.8 Å². The largest absolute Gasteiger partial charge is 0.351 e. The molecule has 0 radical (unpaired) electrons. The van der Waals surface area contributed by atoms with Crippen LogP contribution in [-0.2, 0) is 22.7 Å². The summed E-state index contributed by atoms with van der Waals surface area (Å²) in [7, 11) is 0. The van der Waals surface area contributed by atoms with Crippen molar-refractivity contribution in [2.24, 2.45) is 0 Å². The molecule has 0 saturated carbocycles. The van der Waals surface area contributed by atoms with Crippen LogP contribution in [0, 0.1) is 6.92 Å². The van der Waals surface area contributed by atoms with Crippen molar-refractivity contribution < 1.29 is 9.59 Å². The molecule has 2 aromatic carbocycles. The van der Waals surface area contributed by atoms with Crippen LogP contribution in [-0.4, -0.2) is 38.9 Å². The summed E-state index contributed by atoms with van der Waals surface area (Å²) in [6.07, 6.45) is 3.32. The molecule has 0 unspecified atom stereocenters. The van der Waals surface area contributed by atoms with Gasteiger partial charge in [0.15, 0.2) is 11.0 Å². The lowest BCUT2D eigenvalue weighted by atomic mass is 10.1. The first kappa shape index (κ1) is 22.8. The molecule has 4 rings (SSSR count). The summed E-state index contributed by atoms with van der Waals surface area (Å²) >= 11 is 1.35. The van der Waals surface area contributed by atoms with Crippen LogP contribution in [0.25, 0.3) is 11.4 Å². The van der Waals surface area contributed by atoms with E-state index in [-0.39, 0.29) is 17.6 Å². The molecule has 3 aromatic rings. The number of carbonyl (C=O) groups excluding carboxylic acids is 2. The first-order chi connectivity index (χ1) is 16.0. The van der Waals surface area contributed by atoms with Crippen molar-refractivity contribution in [3.05, 3.63) is 72.3 Å². The van der Waals surface area contributed by atoms with Crippen LogP contribution in [0.2, 0.25) is 0 Å². The fourth-order valence-electron chi connectivity index (χ4n) is 3.78. The van der Waals surface area contributed by atoms with E-state index in [9.17, 15) is 9.59 Å². The molecule has 8 heteroatoms. The first-order valence-electron chi connectivity index (χ1n) is 10.9. The van der Waals surface area contributed by atoms with Crippen LogP contribution in [0.5, 0.6) is 0 Å². The Morgan fingerprint density at radius 2 is 2.03 bits per heavy atom. The molecular weight excluding hydrogens is 434 g/mol. The molecule has 1 aliphatic rings. The Morgan fingerprint density at radius 1 is 1.21 bits per heavy atom. The highest BCUT2D eigenvalue weighted by molar-refractivity contribution is 7.99. The molecule has 0 bridgehead atoms. The lowest BCUT2D eigenvalue weighted by molar-refractivity contribution is -0.119. The number of aryl methyl sites for hydroxylation is 1. The van der Waals surface area contributed by atoms with Gasteiger partial charge < -0.3 is 10.2 Å². The average Bonchev–Trinajstić information content (AvgIpc) is 3.43. The van der Waals surface area contributed by atoms with Crippen LogP contribution in [0.1, 0.15) is 24.0 Å². The van der Waals surface area contributed by atoms with Gasteiger partial charge in [-0.05, 0) is 37.1 Å². The third-order valence-corrected chi connectivity index (χ3v) is 6.42. The van der Waals surface area contributed by atoms with E-state index in [1.165, 1.54) is 11.8 Å². The SMILES string of the molecule is C=CCn1c(SCC(=O)NCc2ccc(N3CCCC3=O)cc2)nnc1-c1cccc(C)c1. The van der Waals surface area contributed by atoms with Crippen LogP contribution in [0.15, 0.2) is 66.3 Å². The van der Waals surface area contributed by atoms with Crippen LogP contribution in [0.4, 0.5) is 5.69 Å². The molecule has 1 saturated heterocycles. The molecule has 0 spiro atoms. The minimum absolute atomic E-state index is 0.0796. The van der Waals surface area contributed by atoms with Gasteiger partial charge in [0.05, 0.1) is 5.75 Å². The minimum Gasteiger partial charge on any atom is -0.351 e. The number of benzene rings is 2. The molecule has 33 heavy (non-hydrogen) atoms. The zero-order valence-corrected chi connectivity index (χ0v) is 19.5. The van der Waals surface area contributed by atoms with Gasteiger partial charge in [0, 0.05) is 37.3 Å². The monoisotopic (exact) mass is 461 g/mol. The Morgan fingerprint density at radius 3 is 2.73 bits per heavy atom. The highest BCUT2D eigenvalue weighted by Crippen LogP contribution is 2.25. The molecule has 2 heterocycles. The van der Waals surface area contributed by atoms with Crippen molar-refractivity contribution in [2.75, 3.05) is 17.2 Å². The van der Waals surface area contributed by atoms with E-state index in [2.05, 4.69) is 28.2 Å². The molecule has 1 N–H and O–H groups in total. The first-order valence-corrected chi connectivity index (χ1v) is 11.9. The van der Waals surface area contributed by atoms with E-state index in [0.717, 1.165) is 41.2 Å². The highest BCUT2D eigenvalue weighted by atomic mass is 32.2. The third-order valence-electron chi connectivity index (χ3n) is 5.45. The zero-order chi connectivity index (χ0) is 23.2. The van der Waals surface area contributed by atoms with Gasteiger partial charge in [0.2, 0.25) is 11.8 Å². The molecule has 1 aromatic heterocycles. The van der Waals surface area contributed by atoms with Crippen molar-refractivity contribution in [2.45, 2.75) is 38.0 Å². The topological polar surface area (TPSA) is 80.1 Å². The van der Waals surface area contributed by atoms with Crippen LogP contribution in [0.3, 0.4) is 0 Å². The number of thioether (sulfide) groups is 1. The second kappa shape index (κ2) is 10.5. The van der Waals surface area contributed by atoms with E-state index in [1.807, 2.05) is 58.9 Å². The summed E-state index contributed by atoms with van der Waals surface area (Å²) in [5, 5.41) is 12.3. The average molecular weight is 462 g/mol. The maximum atomic E-state index is 12.4. The predicted molar refractivity (Wildman–Crippen MR) is 131 cm³/mol. The van der Waals surface area contributed by atoms with Gasteiger partial charge >= 0.3 is 0 Å². The van der Waals surface area contributed by atoms with E-state index < -0.39 is 0 Å². The maximum absolute atomic E-state index is 12.4. The predicted octanol–water partition coefficient (Wildman–Crippen LogP) is 3.97. The quantitative estimate of drug-likeness (QED) is 0.385. The summed E-state index contributed by atoms with van der Waals surface area (Å²) in [5.74, 6) is 1.09. The summed E-state index contributed by atoms with van der Waals surface area (Å²) in [5.41, 5.74) is 4.03. The third kappa shape index (κ3) is 5.51. The van der Waals surface area contributed by atoms with Gasteiger partial charge in [-0.2, -0.15) is 0 Å². The standard InChI is InChI=1S/C25H27N5O2S/c1-3-13-30-24(20-7-4-6-18(2)15-20)27-28-25(30)33-17-22(31)26-16-19-9-11-21(12-10-19)29-14-5-8-23(29)32/h3-4,6-7,9-12,15H,1,5,8,13-14,16-17H2,2H3,(H,26,31). The number of nitrogens with one attached hydrogen (secondary N) is 1. The maximum Gasteiger partial charge on any atom is 0.230 e. The summed E-state index contributed by atoms with van der Waals surface area (Å²) in [6, 6.07) is 15.9. The highest BCUT2D eigenvalue weighted by Gasteiger charge is 2.21. The van der Waals surface area contributed by atoms with Crippen molar-refractivity contribution in [3.63, 3.8) is 0 Å². The summed E-state index contributed by atoms with van der Waals surface area (Å²) < 4.78 is 1.97. The lowest BCUT2D eigenvalue weighted by Crippen LogP contribution is -2.25. The van der Waals surface area contributed by atoms with Gasteiger partial charge in [-0.3, -0.25) is 14.2 Å². The zero-order valence-electron chi connectivity index (χ0n) is 18.7. The number of rotatable bonds is 9. The summed E-state index contributed by atoms with van der Waals surface area (Å²) in [6.45, 7) is 7.64. The Hall–Kier alpha value is -3.39. The molecule has 2 amide bonds. The molecule has 1 fully saturated rings. The number of amides is 2. The minimum atomic E-state index is -0.0796. The normalized spacial score (nSPS) is 13.4. The van der Waals surface area contributed by atoms with E-state index in [1.54, 1.807) is 6.08 Å². The fraction of sp³-hybridized carbons (Fsp3) is 0.280. The molecule has 1 aliphatic heterocycles. The number of hydrogen-bond acceptors (Lipinski definition) is 5. The number of allylic oxidation sites excluding steroid dienone is 1. The van der Waals surface area contributed by atoms with E-state index in [4.69, 9.17) is 0 Å². The van der Waals surface area contributed by atoms with Crippen molar-refractivity contribution in [3.8, 4) is 11.4 Å². The summed E-state index contributed by atoms with van der Waals surface area (Å²) in [4.78, 5) is 26.1. The van der Waals surface area contributed by atoms with E-state index >= 15 is 0 Å². The van der Waals surface area contributed by atoms with Crippen molar-refractivity contribution >= 4 is 29.3 Å². The Labute approximate surface area is 197 Å². The molecular formula is C25H27N5O2S. The van der Waals surface area contributed by atoms with Crippen LogP contribution < -0.4 is 10.2 Å². The van der Waals surface area contributed by atoms with Gasteiger partial charge in [-0.15, -0.1) is 16.8 Å². The van der Waals surface area contributed by atoms with Gasteiger partial charge in [-0.1, -0.05) is 53.7 Å². The Bertz CT molecular complexity index is 1160. The number of carbonyl (C=O) groups is 2. The second-order valence-corrected chi connectivity index (χ2v) is 8.90. The number of hydrogen-bond donors (Lipinski definition) is 1. The molecule has 170 valence electrons.